The predicted molar refractivity (Wildman–Crippen MR) is 104 cm³/mol. The first-order valence-corrected chi connectivity index (χ1v) is 8.90. The fourth-order valence-electron chi connectivity index (χ4n) is 2.58. The molecule has 25 heavy (non-hydrogen) atoms. The summed E-state index contributed by atoms with van der Waals surface area (Å²) in [6, 6.07) is 13.2. The Labute approximate surface area is 155 Å². The highest BCUT2D eigenvalue weighted by molar-refractivity contribution is 9.10. The predicted octanol–water partition coefficient (Wildman–Crippen LogP) is 4.39. The number of nitrogens with one attached hydrogen (secondary N) is 1. The molecule has 0 fully saturated rings. The third-order valence-corrected chi connectivity index (χ3v) is 4.71. The van der Waals surface area contributed by atoms with E-state index in [0.29, 0.717) is 18.9 Å². The van der Waals surface area contributed by atoms with Gasteiger partial charge in [-0.15, -0.1) is 0 Å². The van der Waals surface area contributed by atoms with E-state index in [4.69, 9.17) is 4.74 Å². The molecule has 2 aromatic carbocycles. The lowest BCUT2D eigenvalue weighted by Crippen LogP contribution is -2.40. The standard InChI is InChI=1S/C19H20BrN3O2/c1-13-4-3-5-17(14(13)2)25-12-18-21-10-11-23(18)19(24)22-16-8-6-15(20)7-9-16/h3-9H,10-12H2,1-2H3,(H,22,24). The molecule has 0 unspecified atom stereocenters. The topological polar surface area (TPSA) is 53.9 Å². The maximum atomic E-state index is 12.5. The number of ether oxygens (including phenoxy) is 1. The van der Waals surface area contributed by atoms with Crippen LogP contribution in [0.2, 0.25) is 0 Å². The van der Waals surface area contributed by atoms with Crippen molar-refractivity contribution in [2.75, 3.05) is 25.0 Å². The Morgan fingerprint density at radius 3 is 2.76 bits per heavy atom. The number of hydrogen-bond donors (Lipinski definition) is 1. The Morgan fingerprint density at radius 1 is 1.24 bits per heavy atom. The van der Waals surface area contributed by atoms with Crippen molar-refractivity contribution in [1.29, 1.82) is 0 Å². The third kappa shape index (κ3) is 4.20. The Hall–Kier alpha value is -2.34. The minimum absolute atomic E-state index is 0.192. The van der Waals surface area contributed by atoms with E-state index >= 15 is 0 Å². The SMILES string of the molecule is Cc1cccc(OCC2=NCCN2C(=O)Nc2ccc(Br)cc2)c1C. The van der Waals surface area contributed by atoms with Gasteiger partial charge >= 0.3 is 6.03 Å². The van der Waals surface area contributed by atoms with Crippen molar-refractivity contribution in [3.05, 3.63) is 58.1 Å². The normalized spacial score (nSPS) is 13.6. The summed E-state index contributed by atoms with van der Waals surface area (Å²) in [5.41, 5.74) is 3.03. The number of rotatable bonds is 4. The number of anilines is 1. The summed E-state index contributed by atoms with van der Waals surface area (Å²) in [5.74, 6) is 1.47. The smallest absolute Gasteiger partial charge is 0.327 e. The zero-order chi connectivity index (χ0) is 17.8. The number of aryl methyl sites for hydroxylation is 1. The molecule has 0 saturated carbocycles. The number of halogens is 1. The highest BCUT2D eigenvalue weighted by Gasteiger charge is 2.24. The summed E-state index contributed by atoms with van der Waals surface area (Å²) in [4.78, 5) is 18.6. The summed E-state index contributed by atoms with van der Waals surface area (Å²) in [5, 5.41) is 2.89. The van der Waals surface area contributed by atoms with Gasteiger partial charge in [-0.1, -0.05) is 28.1 Å². The Morgan fingerprint density at radius 2 is 2.00 bits per heavy atom. The van der Waals surface area contributed by atoms with Gasteiger partial charge in [-0.25, -0.2) is 4.79 Å². The van der Waals surface area contributed by atoms with Crippen LogP contribution in [0.25, 0.3) is 0 Å². The molecule has 5 nitrogen and oxygen atoms in total. The summed E-state index contributed by atoms with van der Waals surface area (Å²) in [7, 11) is 0. The van der Waals surface area contributed by atoms with Gasteiger partial charge in [-0.2, -0.15) is 0 Å². The van der Waals surface area contributed by atoms with Gasteiger partial charge in [-0.3, -0.25) is 9.89 Å². The third-order valence-electron chi connectivity index (χ3n) is 4.18. The molecule has 3 rings (SSSR count). The van der Waals surface area contributed by atoms with E-state index in [9.17, 15) is 4.79 Å². The van der Waals surface area contributed by atoms with Gasteiger partial charge < -0.3 is 10.1 Å². The molecular formula is C19H20BrN3O2. The molecule has 6 heteroatoms. The molecule has 0 spiro atoms. The zero-order valence-corrected chi connectivity index (χ0v) is 15.8. The van der Waals surface area contributed by atoms with Crippen LogP contribution in [0.1, 0.15) is 11.1 Å². The molecule has 2 aromatic rings. The van der Waals surface area contributed by atoms with E-state index in [1.807, 2.05) is 56.3 Å². The van der Waals surface area contributed by atoms with Crippen LogP contribution in [-0.4, -0.2) is 36.5 Å². The largest absolute Gasteiger partial charge is 0.485 e. The molecule has 0 radical (unpaired) electrons. The van der Waals surface area contributed by atoms with Crippen LogP contribution >= 0.6 is 15.9 Å². The molecule has 1 N–H and O–H groups in total. The van der Waals surface area contributed by atoms with Crippen LogP contribution in [0.3, 0.4) is 0 Å². The number of nitrogens with zero attached hydrogens (tertiary/aromatic N) is 2. The molecule has 1 aliphatic rings. The molecule has 0 aromatic heterocycles. The molecule has 0 aliphatic carbocycles. The highest BCUT2D eigenvalue weighted by Crippen LogP contribution is 2.21. The van der Waals surface area contributed by atoms with Crippen LogP contribution in [0, 0.1) is 13.8 Å². The summed E-state index contributed by atoms with van der Waals surface area (Å²) < 4.78 is 6.86. The van der Waals surface area contributed by atoms with Crippen LogP contribution < -0.4 is 10.1 Å². The number of amidine groups is 1. The van der Waals surface area contributed by atoms with Crippen molar-refractivity contribution >= 4 is 33.5 Å². The maximum absolute atomic E-state index is 12.5. The van der Waals surface area contributed by atoms with Crippen molar-refractivity contribution in [1.82, 2.24) is 4.90 Å². The number of urea groups is 1. The van der Waals surface area contributed by atoms with Crippen molar-refractivity contribution in [3.63, 3.8) is 0 Å². The lowest BCUT2D eigenvalue weighted by molar-refractivity contribution is 0.234. The Bertz CT molecular complexity index is 803. The average Bonchev–Trinajstić information content (AvgIpc) is 3.07. The number of hydrogen-bond acceptors (Lipinski definition) is 3. The number of amides is 2. The molecule has 0 saturated heterocycles. The number of aliphatic imine (C=N–C) groups is 1. The van der Waals surface area contributed by atoms with Crippen LogP contribution in [0.4, 0.5) is 10.5 Å². The lowest BCUT2D eigenvalue weighted by Gasteiger charge is -2.20. The second-order valence-corrected chi connectivity index (χ2v) is 6.79. The summed E-state index contributed by atoms with van der Waals surface area (Å²) >= 11 is 3.38. The summed E-state index contributed by atoms with van der Waals surface area (Å²) in [6.45, 7) is 5.51. The highest BCUT2D eigenvalue weighted by atomic mass is 79.9. The van der Waals surface area contributed by atoms with Crippen LogP contribution in [0.5, 0.6) is 5.75 Å². The van der Waals surface area contributed by atoms with Gasteiger partial charge in [0, 0.05) is 16.7 Å². The van der Waals surface area contributed by atoms with E-state index in [1.165, 1.54) is 5.56 Å². The first kappa shape index (κ1) is 17.5. The van der Waals surface area contributed by atoms with Gasteiger partial charge in [0.1, 0.15) is 18.2 Å². The minimum Gasteiger partial charge on any atom is -0.485 e. The van der Waals surface area contributed by atoms with Gasteiger partial charge in [0.15, 0.2) is 0 Å². The number of carbonyl (C=O) groups excluding carboxylic acids is 1. The quantitative estimate of drug-likeness (QED) is 0.825. The fourth-order valence-corrected chi connectivity index (χ4v) is 2.85. The average molecular weight is 402 g/mol. The van der Waals surface area contributed by atoms with Crippen molar-refractivity contribution < 1.29 is 9.53 Å². The van der Waals surface area contributed by atoms with E-state index in [1.54, 1.807) is 4.90 Å². The minimum atomic E-state index is -0.192. The molecule has 1 aliphatic heterocycles. The van der Waals surface area contributed by atoms with E-state index < -0.39 is 0 Å². The van der Waals surface area contributed by atoms with Gasteiger partial charge in [0.2, 0.25) is 0 Å². The number of carbonyl (C=O) groups is 1. The second-order valence-electron chi connectivity index (χ2n) is 5.87. The first-order chi connectivity index (χ1) is 12.0. The van der Waals surface area contributed by atoms with E-state index in [2.05, 4.69) is 26.2 Å². The first-order valence-electron chi connectivity index (χ1n) is 8.11. The molecule has 0 bridgehead atoms. The number of benzene rings is 2. The molecule has 2 amide bonds. The van der Waals surface area contributed by atoms with Crippen molar-refractivity contribution in [3.8, 4) is 5.75 Å². The monoisotopic (exact) mass is 401 g/mol. The maximum Gasteiger partial charge on any atom is 0.327 e. The van der Waals surface area contributed by atoms with Gasteiger partial charge in [-0.05, 0) is 55.3 Å². The van der Waals surface area contributed by atoms with Gasteiger partial charge in [0.05, 0.1) is 6.54 Å². The lowest BCUT2D eigenvalue weighted by atomic mass is 10.1. The second kappa shape index (κ2) is 7.70. The molecule has 1 heterocycles. The molecular weight excluding hydrogens is 382 g/mol. The van der Waals surface area contributed by atoms with Crippen molar-refractivity contribution in [2.24, 2.45) is 4.99 Å². The van der Waals surface area contributed by atoms with E-state index in [-0.39, 0.29) is 12.6 Å². The van der Waals surface area contributed by atoms with Crippen molar-refractivity contribution in [2.45, 2.75) is 13.8 Å². The summed E-state index contributed by atoms with van der Waals surface area (Å²) in [6.07, 6.45) is 0. The molecule has 130 valence electrons. The fraction of sp³-hybridized carbons (Fsp3) is 0.263. The molecule has 0 atom stereocenters. The van der Waals surface area contributed by atoms with Crippen LogP contribution in [0.15, 0.2) is 51.9 Å². The zero-order valence-electron chi connectivity index (χ0n) is 14.3. The van der Waals surface area contributed by atoms with E-state index in [0.717, 1.165) is 21.5 Å². The van der Waals surface area contributed by atoms with Gasteiger partial charge in [0.25, 0.3) is 0 Å². The Balaban J connectivity index is 1.63. The Kier molecular flexibility index (Phi) is 5.38. The van der Waals surface area contributed by atoms with Crippen LogP contribution in [-0.2, 0) is 0 Å².